The van der Waals surface area contributed by atoms with Crippen molar-refractivity contribution in [1.29, 1.82) is 0 Å². The SMILES string of the molecule is COc1ccc(C(=O)c2oc3ccccc3c2NC(=O)COc2ccc(Cl)cc2C)cc1. The lowest BCUT2D eigenvalue weighted by Crippen LogP contribution is -2.21. The van der Waals surface area contributed by atoms with Crippen molar-refractivity contribution in [3.8, 4) is 11.5 Å². The number of ketones is 1. The highest BCUT2D eigenvalue weighted by atomic mass is 35.5. The predicted octanol–water partition coefficient (Wildman–Crippen LogP) is 5.65. The summed E-state index contributed by atoms with van der Waals surface area (Å²) in [4.78, 5) is 25.8. The molecule has 0 aliphatic rings. The zero-order chi connectivity index (χ0) is 22.7. The maximum Gasteiger partial charge on any atom is 0.262 e. The normalized spacial score (nSPS) is 10.7. The number of rotatable bonds is 7. The van der Waals surface area contributed by atoms with Crippen molar-refractivity contribution in [3.63, 3.8) is 0 Å². The Balaban J connectivity index is 1.59. The van der Waals surface area contributed by atoms with Crippen LogP contribution in [0.3, 0.4) is 0 Å². The van der Waals surface area contributed by atoms with E-state index in [-0.39, 0.29) is 18.2 Å². The number of fused-ring (bicyclic) bond motifs is 1. The fraction of sp³-hybridized carbons (Fsp3) is 0.120. The van der Waals surface area contributed by atoms with Crippen LogP contribution in [0.2, 0.25) is 5.02 Å². The van der Waals surface area contributed by atoms with Crippen molar-refractivity contribution in [3.05, 3.63) is 88.6 Å². The number of halogens is 1. The van der Waals surface area contributed by atoms with E-state index in [0.717, 1.165) is 5.56 Å². The van der Waals surface area contributed by atoms with Crippen molar-refractivity contribution in [1.82, 2.24) is 0 Å². The van der Waals surface area contributed by atoms with Gasteiger partial charge in [-0.1, -0.05) is 23.7 Å². The number of anilines is 1. The smallest absolute Gasteiger partial charge is 0.262 e. The maximum absolute atomic E-state index is 13.1. The molecule has 0 fully saturated rings. The van der Waals surface area contributed by atoms with Gasteiger partial charge in [-0.2, -0.15) is 0 Å². The first-order chi connectivity index (χ1) is 15.5. The quantitative estimate of drug-likeness (QED) is 0.369. The highest BCUT2D eigenvalue weighted by Gasteiger charge is 2.23. The van der Waals surface area contributed by atoms with Gasteiger partial charge in [0, 0.05) is 16.0 Å². The first-order valence-corrected chi connectivity index (χ1v) is 10.2. The van der Waals surface area contributed by atoms with Crippen LogP contribution in [0.25, 0.3) is 11.0 Å². The molecular weight excluding hydrogens is 430 g/mol. The Kier molecular flexibility index (Phi) is 6.14. The molecule has 1 aromatic heterocycles. The van der Waals surface area contributed by atoms with Crippen molar-refractivity contribution >= 4 is 39.9 Å². The zero-order valence-corrected chi connectivity index (χ0v) is 18.2. The number of para-hydroxylation sites is 1. The van der Waals surface area contributed by atoms with Crippen LogP contribution < -0.4 is 14.8 Å². The van der Waals surface area contributed by atoms with Gasteiger partial charge in [-0.05, 0) is 67.1 Å². The number of hydrogen-bond donors (Lipinski definition) is 1. The molecule has 0 atom stereocenters. The van der Waals surface area contributed by atoms with Crippen LogP contribution in [-0.4, -0.2) is 25.4 Å². The third-order valence-corrected chi connectivity index (χ3v) is 5.15. The number of carbonyl (C=O) groups is 2. The zero-order valence-electron chi connectivity index (χ0n) is 17.5. The summed E-state index contributed by atoms with van der Waals surface area (Å²) in [6, 6.07) is 18.9. The molecule has 0 aliphatic carbocycles. The van der Waals surface area contributed by atoms with Gasteiger partial charge in [-0.15, -0.1) is 0 Å². The van der Waals surface area contributed by atoms with Crippen LogP contribution >= 0.6 is 11.6 Å². The van der Waals surface area contributed by atoms with Crippen molar-refractivity contribution in [2.24, 2.45) is 0 Å². The van der Waals surface area contributed by atoms with E-state index in [4.69, 9.17) is 25.5 Å². The first kappa shape index (κ1) is 21.5. The number of benzene rings is 3. The fourth-order valence-corrected chi connectivity index (χ4v) is 3.52. The minimum absolute atomic E-state index is 0.0485. The summed E-state index contributed by atoms with van der Waals surface area (Å²) in [6.07, 6.45) is 0. The van der Waals surface area contributed by atoms with E-state index in [1.54, 1.807) is 67.8 Å². The summed E-state index contributed by atoms with van der Waals surface area (Å²) in [5.41, 5.74) is 2.03. The van der Waals surface area contributed by atoms with Gasteiger partial charge in [-0.25, -0.2) is 0 Å². The Hall–Kier alpha value is -3.77. The van der Waals surface area contributed by atoms with E-state index >= 15 is 0 Å². The molecule has 0 aliphatic heterocycles. The van der Waals surface area contributed by atoms with E-state index in [1.807, 2.05) is 13.0 Å². The van der Waals surface area contributed by atoms with Gasteiger partial charge in [0.1, 0.15) is 17.1 Å². The molecule has 0 spiro atoms. The molecule has 6 nitrogen and oxygen atoms in total. The van der Waals surface area contributed by atoms with Crippen LogP contribution in [0.5, 0.6) is 11.5 Å². The van der Waals surface area contributed by atoms with Gasteiger partial charge in [0.2, 0.25) is 5.78 Å². The third-order valence-electron chi connectivity index (χ3n) is 4.91. The molecule has 32 heavy (non-hydrogen) atoms. The number of nitrogens with one attached hydrogen (secondary N) is 1. The van der Waals surface area contributed by atoms with E-state index < -0.39 is 5.91 Å². The van der Waals surface area contributed by atoms with Gasteiger partial charge in [0.05, 0.1) is 12.8 Å². The minimum Gasteiger partial charge on any atom is -0.497 e. The Morgan fingerprint density at radius 2 is 1.78 bits per heavy atom. The molecule has 7 heteroatoms. The predicted molar refractivity (Wildman–Crippen MR) is 123 cm³/mol. The average Bonchev–Trinajstić information content (AvgIpc) is 3.16. The van der Waals surface area contributed by atoms with E-state index in [9.17, 15) is 9.59 Å². The lowest BCUT2D eigenvalue weighted by Gasteiger charge is -2.10. The van der Waals surface area contributed by atoms with Gasteiger partial charge in [0.25, 0.3) is 5.91 Å². The summed E-state index contributed by atoms with van der Waals surface area (Å²) in [5, 5.41) is 3.99. The van der Waals surface area contributed by atoms with Crippen LogP contribution in [0, 0.1) is 6.92 Å². The standard InChI is InChI=1S/C25H20ClNO5/c1-15-13-17(26)9-12-20(15)31-14-22(28)27-23-19-5-3-4-6-21(19)32-25(23)24(29)16-7-10-18(30-2)11-8-16/h3-13H,14H2,1-2H3,(H,27,28). The lowest BCUT2D eigenvalue weighted by molar-refractivity contribution is -0.118. The van der Waals surface area contributed by atoms with Crippen LogP contribution in [-0.2, 0) is 4.79 Å². The van der Waals surface area contributed by atoms with Gasteiger partial charge in [0.15, 0.2) is 12.4 Å². The average molecular weight is 450 g/mol. The topological polar surface area (TPSA) is 77.8 Å². The molecule has 1 heterocycles. The molecule has 0 saturated carbocycles. The highest BCUT2D eigenvalue weighted by Crippen LogP contribution is 2.33. The largest absolute Gasteiger partial charge is 0.497 e. The molecule has 0 bridgehead atoms. The van der Waals surface area contributed by atoms with Crippen molar-refractivity contribution in [2.75, 3.05) is 19.0 Å². The van der Waals surface area contributed by atoms with Crippen molar-refractivity contribution in [2.45, 2.75) is 6.92 Å². The molecule has 4 aromatic rings. The maximum atomic E-state index is 13.1. The summed E-state index contributed by atoms with van der Waals surface area (Å²) in [5.74, 6) is 0.459. The minimum atomic E-state index is -0.422. The van der Waals surface area contributed by atoms with Crippen molar-refractivity contribution < 1.29 is 23.5 Å². The molecule has 3 aromatic carbocycles. The molecule has 1 amide bonds. The number of ether oxygens (including phenoxy) is 2. The second-order valence-electron chi connectivity index (χ2n) is 7.11. The Morgan fingerprint density at radius 3 is 2.50 bits per heavy atom. The highest BCUT2D eigenvalue weighted by molar-refractivity contribution is 6.30. The van der Waals surface area contributed by atoms with Gasteiger partial charge < -0.3 is 19.2 Å². The third kappa shape index (κ3) is 4.45. The summed E-state index contributed by atoms with van der Waals surface area (Å²) in [7, 11) is 1.55. The molecule has 0 saturated heterocycles. The number of carbonyl (C=O) groups excluding carboxylic acids is 2. The Bertz CT molecular complexity index is 1290. The number of methoxy groups -OCH3 is 1. The van der Waals surface area contributed by atoms with Crippen LogP contribution in [0.1, 0.15) is 21.7 Å². The number of hydrogen-bond acceptors (Lipinski definition) is 5. The lowest BCUT2D eigenvalue weighted by atomic mass is 10.1. The Labute approximate surface area is 189 Å². The fourth-order valence-electron chi connectivity index (χ4n) is 3.30. The second kappa shape index (κ2) is 9.16. The number of furan rings is 1. The monoisotopic (exact) mass is 449 g/mol. The number of amides is 1. The van der Waals surface area contributed by atoms with Crippen LogP contribution in [0.15, 0.2) is 71.1 Å². The summed E-state index contributed by atoms with van der Waals surface area (Å²) < 4.78 is 16.6. The molecule has 4 rings (SSSR count). The second-order valence-corrected chi connectivity index (χ2v) is 7.54. The molecular formula is C25H20ClNO5. The molecule has 162 valence electrons. The van der Waals surface area contributed by atoms with E-state index in [1.165, 1.54) is 0 Å². The molecule has 0 radical (unpaired) electrons. The summed E-state index contributed by atoms with van der Waals surface area (Å²) in [6.45, 7) is 1.60. The van der Waals surface area contributed by atoms with Gasteiger partial charge >= 0.3 is 0 Å². The summed E-state index contributed by atoms with van der Waals surface area (Å²) >= 11 is 5.96. The van der Waals surface area contributed by atoms with E-state index in [0.29, 0.717) is 38.7 Å². The Morgan fingerprint density at radius 1 is 1.03 bits per heavy atom. The molecule has 0 unspecified atom stereocenters. The molecule has 1 N–H and O–H groups in total. The van der Waals surface area contributed by atoms with E-state index in [2.05, 4.69) is 5.32 Å². The van der Waals surface area contributed by atoms with Crippen LogP contribution in [0.4, 0.5) is 5.69 Å². The number of aryl methyl sites for hydroxylation is 1. The van der Waals surface area contributed by atoms with Gasteiger partial charge in [-0.3, -0.25) is 9.59 Å². The first-order valence-electron chi connectivity index (χ1n) is 9.85.